The summed E-state index contributed by atoms with van der Waals surface area (Å²) < 4.78 is 0. The van der Waals surface area contributed by atoms with Crippen LogP contribution < -0.4 is 5.73 Å². The Morgan fingerprint density at radius 2 is 1.88 bits per heavy atom. The Morgan fingerprint density at radius 3 is 2.35 bits per heavy atom. The number of aliphatic imine (C=N–C) groups is 1. The van der Waals surface area contributed by atoms with Gasteiger partial charge in [0.05, 0.1) is 18.2 Å². The first kappa shape index (κ1) is 13.0. The first-order valence-corrected chi connectivity index (χ1v) is 5.75. The van der Waals surface area contributed by atoms with E-state index in [0.717, 1.165) is 18.7 Å². The molecule has 1 aromatic carbocycles. The normalized spacial score (nSPS) is 11.0. The van der Waals surface area contributed by atoms with Gasteiger partial charge in [-0.3, -0.25) is 0 Å². The smallest absolute Gasteiger partial charge is 0.191 e. The lowest BCUT2D eigenvalue weighted by molar-refractivity contribution is 0.458. The molecule has 0 unspecified atom stereocenters. The number of nitriles is 1. The van der Waals surface area contributed by atoms with Gasteiger partial charge in [0.25, 0.3) is 0 Å². The predicted molar refractivity (Wildman–Crippen MR) is 69.4 cm³/mol. The summed E-state index contributed by atoms with van der Waals surface area (Å²) in [5.41, 5.74) is 7.58. The number of guanidine groups is 1. The van der Waals surface area contributed by atoms with E-state index in [1.807, 2.05) is 30.9 Å². The van der Waals surface area contributed by atoms with Crippen molar-refractivity contribution >= 4 is 5.96 Å². The number of rotatable bonds is 4. The van der Waals surface area contributed by atoms with Crippen molar-refractivity contribution in [2.45, 2.75) is 20.4 Å². The Labute approximate surface area is 102 Å². The summed E-state index contributed by atoms with van der Waals surface area (Å²) in [7, 11) is 0. The average molecular weight is 230 g/mol. The third kappa shape index (κ3) is 3.80. The fourth-order valence-electron chi connectivity index (χ4n) is 1.50. The van der Waals surface area contributed by atoms with Gasteiger partial charge in [-0.25, -0.2) is 4.99 Å². The molecule has 17 heavy (non-hydrogen) atoms. The molecule has 0 aliphatic heterocycles. The van der Waals surface area contributed by atoms with Crippen LogP contribution in [-0.4, -0.2) is 23.9 Å². The van der Waals surface area contributed by atoms with Crippen LogP contribution in [0.25, 0.3) is 0 Å². The third-order valence-corrected chi connectivity index (χ3v) is 2.59. The second kappa shape index (κ2) is 6.54. The van der Waals surface area contributed by atoms with Crippen LogP contribution in [0.15, 0.2) is 29.3 Å². The van der Waals surface area contributed by atoms with Gasteiger partial charge in [0.2, 0.25) is 0 Å². The lowest BCUT2D eigenvalue weighted by Crippen LogP contribution is -2.37. The quantitative estimate of drug-likeness (QED) is 0.632. The molecule has 4 heteroatoms. The highest BCUT2D eigenvalue weighted by atomic mass is 15.2. The van der Waals surface area contributed by atoms with Crippen LogP contribution in [0, 0.1) is 11.3 Å². The van der Waals surface area contributed by atoms with E-state index in [1.54, 1.807) is 12.1 Å². The first-order chi connectivity index (χ1) is 8.21. The molecule has 0 saturated heterocycles. The number of benzene rings is 1. The largest absolute Gasteiger partial charge is 0.370 e. The summed E-state index contributed by atoms with van der Waals surface area (Å²) in [6, 6.07) is 9.47. The molecule has 0 fully saturated rings. The van der Waals surface area contributed by atoms with Crippen molar-refractivity contribution in [3.63, 3.8) is 0 Å². The van der Waals surface area contributed by atoms with Crippen molar-refractivity contribution in [2.24, 2.45) is 10.7 Å². The lowest BCUT2D eigenvalue weighted by Gasteiger charge is -2.19. The molecule has 0 amide bonds. The lowest BCUT2D eigenvalue weighted by atomic mass is 10.1. The Bertz CT molecular complexity index is 410. The van der Waals surface area contributed by atoms with Crippen molar-refractivity contribution in [1.29, 1.82) is 5.26 Å². The fraction of sp³-hybridized carbons (Fsp3) is 0.385. The number of nitrogens with zero attached hydrogens (tertiary/aromatic N) is 3. The van der Waals surface area contributed by atoms with Gasteiger partial charge < -0.3 is 10.6 Å². The van der Waals surface area contributed by atoms with E-state index < -0.39 is 0 Å². The highest BCUT2D eigenvalue weighted by molar-refractivity contribution is 5.77. The third-order valence-electron chi connectivity index (χ3n) is 2.59. The van der Waals surface area contributed by atoms with Crippen LogP contribution >= 0.6 is 0 Å². The Kier molecular flexibility index (Phi) is 5.02. The molecule has 0 bridgehead atoms. The van der Waals surface area contributed by atoms with Crippen LogP contribution in [0.3, 0.4) is 0 Å². The summed E-state index contributed by atoms with van der Waals surface area (Å²) >= 11 is 0. The van der Waals surface area contributed by atoms with Crippen molar-refractivity contribution < 1.29 is 0 Å². The molecule has 0 saturated carbocycles. The summed E-state index contributed by atoms with van der Waals surface area (Å²) in [6.07, 6.45) is 0. The Balaban J connectivity index is 2.65. The molecule has 0 aliphatic rings. The molecule has 0 aliphatic carbocycles. The first-order valence-electron chi connectivity index (χ1n) is 5.75. The molecule has 1 aromatic rings. The minimum Gasteiger partial charge on any atom is -0.370 e. The van der Waals surface area contributed by atoms with E-state index in [2.05, 4.69) is 11.1 Å². The van der Waals surface area contributed by atoms with E-state index in [4.69, 9.17) is 11.0 Å². The molecular weight excluding hydrogens is 212 g/mol. The van der Waals surface area contributed by atoms with E-state index in [1.165, 1.54) is 0 Å². The van der Waals surface area contributed by atoms with Crippen LogP contribution in [0.4, 0.5) is 0 Å². The van der Waals surface area contributed by atoms with E-state index >= 15 is 0 Å². The SMILES string of the molecule is CCN(CC)C(N)=NCc1ccc(C#N)cc1. The van der Waals surface area contributed by atoms with Crippen LogP contribution in [0.5, 0.6) is 0 Å². The minimum absolute atomic E-state index is 0.550. The molecule has 1 rings (SSSR count). The van der Waals surface area contributed by atoms with Crippen molar-refractivity contribution in [3.05, 3.63) is 35.4 Å². The molecule has 0 aromatic heterocycles. The maximum absolute atomic E-state index is 8.68. The van der Waals surface area contributed by atoms with Gasteiger partial charge in [-0.05, 0) is 31.5 Å². The number of hydrogen-bond acceptors (Lipinski definition) is 2. The monoisotopic (exact) mass is 230 g/mol. The topological polar surface area (TPSA) is 65.4 Å². The predicted octanol–water partition coefficient (Wildman–Crippen LogP) is 1.71. The molecule has 0 heterocycles. The maximum Gasteiger partial charge on any atom is 0.191 e. The minimum atomic E-state index is 0.550. The van der Waals surface area contributed by atoms with Gasteiger partial charge in [-0.1, -0.05) is 12.1 Å². The molecule has 4 nitrogen and oxygen atoms in total. The van der Waals surface area contributed by atoms with E-state index in [0.29, 0.717) is 18.1 Å². The molecule has 2 N–H and O–H groups in total. The zero-order valence-corrected chi connectivity index (χ0v) is 10.3. The van der Waals surface area contributed by atoms with Crippen LogP contribution in [-0.2, 0) is 6.54 Å². The highest BCUT2D eigenvalue weighted by Crippen LogP contribution is 2.04. The maximum atomic E-state index is 8.68. The number of hydrogen-bond donors (Lipinski definition) is 1. The van der Waals surface area contributed by atoms with Crippen molar-refractivity contribution in [3.8, 4) is 6.07 Å². The summed E-state index contributed by atoms with van der Waals surface area (Å²) in [5.74, 6) is 0.569. The molecule has 0 radical (unpaired) electrons. The van der Waals surface area contributed by atoms with Gasteiger partial charge >= 0.3 is 0 Å². The van der Waals surface area contributed by atoms with Gasteiger partial charge in [-0.2, -0.15) is 5.26 Å². The molecular formula is C13H18N4. The van der Waals surface area contributed by atoms with Gasteiger partial charge in [0.15, 0.2) is 5.96 Å². The van der Waals surface area contributed by atoms with E-state index in [9.17, 15) is 0 Å². The van der Waals surface area contributed by atoms with Crippen LogP contribution in [0.2, 0.25) is 0 Å². The summed E-state index contributed by atoms with van der Waals surface area (Å²) in [5, 5.41) is 8.68. The summed E-state index contributed by atoms with van der Waals surface area (Å²) in [4.78, 5) is 6.33. The van der Waals surface area contributed by atoms with Crippen molar-refractivity contribution in [2.75, 3.05) is 13.1 Å². The molecule has 90 valence electrons. The van der Waals surface area contributed by atoms with E-state index in [-0.39, 0.29) is 0 Å². The molecule has 0 spiro atoms. The number of nitrogens with two attached hydrogens (primary N) is 1. The second-order valence-electron chi connectivity index (χ2n) is 3.66. The Morgan fingerprint density at radius 1 is 1.29 bits per heavy atom. The molecule has 0 atom stereocenters. The summed E-state index contributed by atoms with van der Waals surface area (Å²) in [6.45, 7) is 6.37. The van der Waals surface area contributed by atoms with Gasteiger partial charge in [0.1, 0.15) is 0 Å². The van der Waals surface area contributed by atoms with Crippen molar-refractivity contribution in [1.82, 2.24) is 4.90 Å². The van der Waals surface area contributed by atoms with Gasteiger partial charge in [0, 0.05) is 13.1 Å². The second-order valence-corrected chi connectivity index (χ2v) is 3.66. The average Bonchev–Trinajstić information content (AvgIpc) is 2.38. The Hall–Kier alpha value is -2.02. The zero-order chi connectivity index (χ0) is 12.7. The van der Waals surface area contributed by atoms with Crippen LogP contribution in [0.1, 0.15) is 25.0 Å². The highest BCUT2D eigenvalue weighted by Gasteiger charge is 2.01. The zero-order valence-electron chi connectivity index (χ0n) is 10.3. The van der Waals surface area contributed by atoms with Gasteiger partial charge in [-0.15, -0.1) is 0 Å². The fourth-order valence-corrected chi connectivity index (χ4v) is 1.50. The standard InChI is InChI=1S/C13H18N4/c1-3-17(4-2)13(15)16-10-12-7-5-11(9-14)6-8-12/h5-8H,3-4,10H2,1-2H3,(H2,15,16).